The first-order valence-electron chi connectivity index (χ1n) is 6.62. The number of hydrogen-bond donors (Lipinski definition) is 1. The molecule has 100 valence electrons. The Kier molecular flexibility index (Phi) is 3.19. The first kappa shape index (κ1) is 12.5. The van der Waals surface area contributed by atoms with E-state index < -0.39 is 0 Å². The third kappa shape index (κ3) is 2.21. The Balaban J connectivity index is 2.05. The molecule has 0 atom stereocenters. The maximum absolute atomic E-state index is 6.24. The van der Waals surface area contributed by atoms with E-state index in [0.29, 0.717) is 16.6 Å². The number of anilines is 1. The Bertz CT molecular complexity index is 579. The topological polar surface area (TPSA) is 56.7 Å². The van der Waals surface area contributed by atoms with E-state index in [4.69, 9.17) is 17.3 Å². The van der Waals surface area contributed by atoms with Crippen LogP contribution in [0.25, 0.3) is 11.4 Å². The summed E-state index contributed by atoms with van der Waals surface area (Å²) in [6, 6.07) is 5.51. The minimum Gasteiger partial charge on any atom is -0.398 e. The van der Waals surface area contributed by atoms with Gasteiger partial charge >= 0.3 is 0 Å². The third-order valence-electron chi connectivity index (χ3n) is 3.77. The van der Waals surface area contributed by atoms with Gasteiger partial charge in [-0.3, -0.25) is 0 Å². The summed E-state index contributed by atoms with van der Waals surface area (Å²) in [4.78, 5) is 4.67. The summed E-state index contributed by atoms with van der Waals surface area (Å²) >= 11 is 6.24. The van der Waals surface area contributed by atoms with E-state index in [1.54, 1.807) is 4.68 Å². The predicted octanol–water partition coefficient (Wildman–Crippen LogP) is 3.38. The summed E-state index contributed by atoms with van der Waals surface area (Å²) in [5, 5.41) is 5.16. The molecule has 4 nitrogen and oxygen atoms in total. The van der Waals surface area contributed by atoms with Crippen LogP contribution in [0.3, 0.4) is 0 Å². The van der Waals surface area contributed by atoms with Crippen LogP contribution >= 0.6 is 11.6 Å². The number of rotatable bonds is 2. The molecule has 0 unspecified atom stereocenters. The summed E-state index contributed by atoms with van der Waals surface area (Å²) in [5.74, 6) is 2.17. The van der Waals surface area contributed by atoms with Crippen molar-refractivity contribution >= 4 is 17.3 Å². The lowest BCUT2D eigenvalue weighted by molar-refractivity contribution is 0.648. The number of nitrogens with zero attached hydrogens (tertiary/aromatic N) is 3. The quantitative estimate of drug-likeness (QED) is 0.856. The van der Waals surface area contributed by atoms with Crippen LogP contribution in [0.1, 0.15) is 37.4 Å². The molecule has 0 aliphatic heterocycles. The van der Waals surface area contributed by atoms with Gasteiger partial charge in [-0.2, -0.15) is 5.10 Å². The van der Waals surface area contributed by atoms with Crippen molar-refractivity contribution in [3.05, 3.63) is 29.0 Å². The highest BCUT2D eigenvalue weighted by molar-refractivity contribution is 6.33. The van der Waals surface area contributed by atoms with Gasteiger partial charge in [0.05, 0.1) is 10.6 Å². The molecule has 1 aromatic carbocycles. The minimum absolute atomic E-state index is 0.490. The molecule has 0 saturated heterocycles. The van der Waals surface area contributed by atoms with Crippen LogP contribution in [-0.4, -0.2) is 14.8 Å². The highest BCUT2D eigenvalue weighted by Crippen LogP contribution is 2.36. The molecular weight excluding hydrogens is 260 g/mol. The van der Waals surface area contributed by atoms with Crippen molar-refractivity contribution in [3.8, 4) is 11.4 Å². The van der Waals surface area contributed by atoms with E-state index in [1.807, 2.05) is 25.2 Å². The highest BCUT2D eigenvalue weighted by atomic mass is 35.5. The Hall–Kier alpha value is -1.55. The largest absolute Gasteiger partial charge is 0.398 e. The zero-order valence-corrected chi connectivity index (χ0v) is 11.7. The van der Waals surface area contributed by atoms with Crippen LogP contribution < -0.4 is 5.73 Å². The smallest absolute Gasteiger partial charge is 0.161 e. The van der Waals surface area contributed by atoms with Gasteiger partial charge in [-0.1, -0.05) is 30.5 Å². The first-order chi connectivity index (χ1) is 9.16. The van der Waals surface area contributed by atoms with Crippen LogP contribution in [-0.2, 0) is 7.05 Å². The second-order valence-electron chi connectivity index (χ2n) is 5.10. The molecule has 19 heavy (non-hydrogen) atoms. The fourth-order valence-corrected chi connectivity index (χ4v) is 3.02. The lowest BCUT2D eigenvalue weighted by Crippen LogP contribution is -1.99. The zero-order chi connectivity index (χ0) is 13.4. The van der Waals surface area contributed by atoms with Gasteiger partial charge in [0.15, 0.2) is 11.6 Å². The predicted molar refractivity (Wildman–Crippen MR) is 77.1 cm³/mol. The fraction of sp³-hybridized carbons (Fsp3) is 0.429. The monoisotopic (exact) mass is 276 g/mol. The van der Waals surface area contributed by atoms with Crippen LogP contribution in [0.2, 0.25) is 5.02 Å². The van der Waals surface area contributed by atoms with Crippen molar-refractivity contribution in [2.75, 3.05) is 5.73 Å². The van der Waals surface area contributed by atoms with Crippen molar-refractivity contribution in [3.63, 3.8) is 0 Å². The number of aryl methyl sites for hydroxylation is 1. The molecule has 1 aliphatic rings. The van der Waals surface area contributed by atoms with Gasteiger partial charge < -0.3 is 5.73 Å². The number of nitrogens with two attached hydrogens (primary N) is 1. The van der Waals surface area contributed by atoms with Crippen molar-refractivity contribution < 1.29 is 0 Å². The molecule has 5 heteroatoms. The van der Waals surface area contributed by atoms with Crippen molar-refractivity contribution in [1.82, 2.24) is 14.8 Å². The van der Waals surface area contributed by atoms with Crippen molar-refractivity contribution in [2.45, 2.75) is 31.6 Å². The van der Waals surface area contributed by atoms with Gasteiger partial charge in [0.25, 0.3) is 0 Å². The van der Waals surface area contributed by atoms with Crippen LogP contribution in [0.5, 0.6) is 0 Å². The van der Waals surface area contributed by atoms with E-state index in [9.17, 15) is 0 Å². The SMILES string of the molecule is Cn1nc(C2CCCC2)nc1-c1c(N)cccc1Cl. The van der Waals surface area contributed by atoms with Gasteiger partial charge in [0.1, 0.15) is 0 Å². The van der Waals surface area contributed by atoms with E-state index >= 15 is 0 Å². The minimum atomic E-state index is 0.490. The van der Waals surface area contributed by atoms with Crippen LogP contribution in [0.4, 0.5) is 5.69 Å². The second kappa shape index (κ2) is 4.85. The Morgan fingerprint density at radius 2 is 2.05 bits per heavy atom. The molecular formula is C14H17ClN4. The van der Waals surface area contributed by atoms with Crippen LogP contribution in [0.15, 0.2) is 18.2 Å². The number of benzene rings is 1. The molecule has 1 aromatic heterocycles. The second-order valence-corrected chi connectivity index (χ2v) is 5.51. The van der Waals surface area contributed by atoms with E-state index in [1.165, 1.54) is 25.7 Å². The third-order valence-corrected chi connectivity index (χ3v) is 4.08. The summed E-state index contributed by atoms with van der Waals surface area (Å²) in [6.45, 7) is 0. The summed E-state index contributed by atoms with van der Waals surface area (Å²) in [6.07, 6.45) is 4.90. The lowest BCUT2D eigenvalue weighted by Gasteiger charge is -2.06. The Labute approximate surface area is 117 Å². The number of hydrogen-bond acceptors (Lipinski definition) is 3. The molecule has 1 fully saturated rings. The molecule has 0 radical (unpaired) electrons. The van der Waals surface area contributed by atoms with Gasteiger partial charge in [-0.25, -0.2) is 9.67 Å². The maximum atomic E-state index is 6.24. The molecule has 2 aromatic rings. The molecule has 2 N–H and O–H groups in total. The summed E-state index contributed by atoms with van der Waals surface area (Å²) in [5.41, 5.74) is 7.44. The number of nitrogen functional groups attached to an aromatic ring is 1. The average Bonchev–Trinajstić information content (AvgIpc) is 2.99. The lowest BCUT2D eigenvalue weighted by atomic mass is 10.1. The van der Waals surface area contributed by atoms with Gasteiger partial charge in [0.2, 0.25) is 0 Å². The normalized spacial score (nSPS) is 16.1. The molecule has 0 spiro atoms. The van der Waals surface area contributed by atoms with Crippen molar-refractivity contribution in [1.29, 1.82) is 0 Å². The molecule has 1 heterocycles. The van der Waals surface area contributed by atoms with Crippen molar-refractivity contribution in [2.24, 2.45) is 7.05 Å². The molecule has 1 aliphatic carbocycles. The Morgan fingerprint density at radius 1 is 1.32 bits per heavy atom. The molecule has 0 bridgehead atoms. The summed E-state index contributed by atoms with van der Waals surface area (Å²) < 4.78 is 1.78. The zero-order valence-electron chi connectivity index (χ0n) is 10.9. The van der Waals surface area contributed by atoms with E-state index in [0.717, 1.165) is 17.2 Å². The van der Waals surface area contributed by atoms with Gasteiger partial charge in [-0.05, 0) is 25.0 Å². The highest BCUT2D eigenvalue weighted by Gasteiger charge is 2.23. The van der Waals surface area contributed by atoms with Gasteiger partial charge in [-0.15, -0.1) is 0 Å². The molecule has 0 amide bonds. The molecule has 1 saturated carbocycles. The molecule has 3 rings (SSSR count). The standard InChI is InChI=1S/C14H17ClN4/c1-19-14(12-10(15)7-4-8-11(12)16)17-13(18-19)9-5-2-3-6-9/h4,7-9H,2-3,5-6,16H2,1H3. The Morgan fingerprint density at radius 3 is 2.74 bits per heavy atom. The van der Waals surface area contributed by atoms with Crippen LogP contribution in [0, 0.1) is 0 Å². The van der Waals surface area contributed by atoms with Gasteiger partial charge in [0, 0.05) is 18.7 Å². The number of halogens is 1. The van der Waals surface area contributed by atoms with E-state index in [-0.39, 0.29) is 0 Å². The average molecular weight is 277 g/mol. The maximum Gasteiger partial charge on any atom is 0.161 e. The first-order valence-corrected chi connectivity index (χ1v) is 7.00. The summed E-state index contributed by atoms with van der Waals surface area (Å²) in [7, 11) is 1.89. The van der Waals surface area contributed by atoms with E-state index in [2.05, 4.69) is 10.1 Å². The number of aromatic nitrogens is 3. The fourth-order valence-electron chi connectivity index (χ4n) is 2.76.